The van der Waals surface area contributed by atoms with Crippen molar-refractivity contribution in [3.63, 3.8) is 0 Å². The van der Waals surface area contributed by atoms with E-state index in [1.807, 2.05) is 0 Å². The van der Waals surface area contributed by atoms with E-state index in [0.29, 0.717) is 18.2 Å². The van der Waals surface area contributed by atoms with Crippen molar-refractivity contribution in [2.24, 2.45) is 0 Å². The molecule has 6 heteroatoms. The summed E-state index contributed by atoms with van der Waals surface area (Å²) in [4.78, 5) is 23.9. The van der Waals surface area contributed by atoms with Crippen LogP contribution in [0, 0.1) is 5.82 Å². The zero-order valence-corrected chi connectivity index (χ0v) is 14.3. The molecule has 0 radical (unpaired) electrons. The molecule has 0 atom stereocenters. The van der Waals surface area contributed by atoms with E-state index < -0.39 is 5.82 Å². The van der Waals surface area contributed by atoms with Crippen molar-refractivity contribution in [3.8, 4) is 0 Å². The van der Waals surface area contributed by atoms with Crippen molar-refractivity contribution in [1.82, 2.24) is 10.6 Å². The van der Waals surface area contributed by atoms with E-state index in [1.165, 1.54) is 12.1 Å². The summed E-state index contributed by atoms with van der Waals surface area (Å²) in [6.45, 7) is 0.301. The van der Waals surface area contributed by atoms with Crippen molar-refractivity contribution in [1.29, 1.82) is 0 Å². The van der Waals surface area contributed by atoms with Crippen LogP contribution in [0.25, 0.3) is 0 Å². The van der Waals surface area contributed by atoms with Crippen LogP contribution < -0.4 is 10.6 Å². The van der Waals surface area contributed by atoms with Gasteiger partial charge in [0.15, 0.2) is 0 Å². The molecule has 2 N–H and O–H groups in total. The molecule has 0 bridgehead atoms. The summed E-state index contributed by atoms with van der Waals surface area (Å²) in [6.07, 6.45) is 1.97. The fourth-order valence-corrected chi connectivity index (χ4v) is 2.63. The van der Waals surface area contributed by atoms with Gasteiger partial charge < -0.3 is 10.6 Å². The lowest BCUT2D eigenvalue weighted by Crippen LogP contribution is -2.26. The number of carbonyl (C=O) groups excluding carboxylic acids is 2. The highest BCUT2D eigenvalue weighted by atomic mass is 35.5. The molecule has 1 aliphatic rings. The minimum absolute atomic E-state index is 0.0766. The van der Waals surface area contributed by atoms with Crippen LogP contribution in [0.15, 0.2) is 42.5 Å². The van der Waals surface area contributed by atoms with E-state index in [0.717, 1.165) is 18.4 Å². The van der Waals surface area contributed by atoms with Crippen molar-refractivity contribution < 1.29 is 14.0 Å². The van der Waals surface area contributed by atoms with Gasteiger partial charge in [0.2, 0.25) is 5.91 Å². The van der Waals surface area contributed by atoms with Crippen LogP contribution in [0.1, 0.15) is 34.3 Å². The smallest absolute Gasteiger partial charge is 0.251 e. The highest BCUT2D eigenvalue weighted by Crippen LogP contribution is 2.20. The summed E-state index contributed by atoms with van der Waals surface area (Å²) >= 11 is 5.92. The third-order valence-corrected chi connectivity index (χ3v) is 4.37. The molecule has 0 unspecified atom stereocenters. The molecule has 4 nitrogen and oxygen atoms in total. The first-order valence-electron chi connectivity index (χ1n) is 8.12. The molecule has 3 rings (SSSR count). The van der Waals surface area contributed by atoms with Gasteiger partial charge in [-0.3, -0.25) is 9.59 Å². The molecule has 1 fully saturated rings. The number of halogens is 2. The lowest BCUT2D eigenvalue weighted by atomic mass is 10.1. The fraction of sp³-hybridized carbons (Fsp3) is 0.263. The second-order valence-electron chi connectivity index (χ2n) is 6.10. The molecule has 0 aromatic heterocycles. The Balaban J connectivity index is 1.52. The van der Waals surface area contributed by atoms with Gasteiger partial charge in [-0.25, -0.2) is 4.39 Å². The van der Waals surface area contributed by atoms with Gasteiger partial charge in [0.25, 0.3) is 5.91 Å². The summed E-state index contributed by atoms with van der Waals surface area (Å²) in [7, 11) is 0. The quantitative estimate of drug-likeness (QED) is 0.831. The number of carbonyl (C=O) groups is 2. The Bertz CT molecular complexity index is 768. The predicted molar refractivity (Wildman–Crippen MR) is 93.9 cm³/mol. The van der Waals surface area contributed by atoms with E-state index in [1.54, 1.807) is 30.3 Å². The average molecular weight is 361 g/mol. The molecule has 1 saturated carbocycles. The van der Waals surface area contributed by atoms with Crippen LogP contribution in [0.3, 0.4) is 0 Å². The van der Waals surface area contributed by atoms with Crippen LogP contribution in [-0.2, 0) is 17.8 Å². The van der Waals surface area contributed by atoms with Gasteiger partial charge in [-0.15, -0.1) is 0 Å². The molecule has 0 heterocycles. The number of hydrogen-bond acceptors (Lipinski definition) is 2. The first-order chi connectivity index (χ1) is 12.0. The molecular weight excluding hydrogens is 343 g/mol. The molecule has 0 aliphatic heterocycles. The standard InChI is InChI=1S/C19H18ClFN2O2/c20-16-2-1-3-17(21)15(16)10-18(24)22-11-12-4-6-13(7-5-12)19(25)23-14-8-9-14/h1-7,14H,8-11H2,(H,22,24)(H,23,25). The molecule has 2 aromatic rings. The maximum atomic E-state index is 13.7. The minimum Gasteiger partial charge on any atom is -0.352 e. The SMILES string of the molecule is O=C(Cc1c(F)cccc1Cl)NCc1ccc(C(=O)NC2CC2)cc1. The van der Waals surface area contributed by atoms with Gasteiger partial charge in [0.1, 0.15) is 5.82 Å². The summed E-state index contributed by atoms with van der Waals surface area (Å²) in [5.74, 6) is -0.886. The Morgan fingerprint density at radius 2 is 1.84 bits per heavy atom. The minimum atomic E-state index is -0.492. The number of hydrogen-bond donors (Lipinski definition) is 2. The molecular formula is C19H18ClFN2O2. The molecule has 0 spiro atoms. The van der Waals surface area contributed by atoms with Gasteiger partial charge in [0.05, 0.1) is 6.42 Å². The molecule has 2 aromatic carbocycles. The van der Waals surface area contributed by atoms with Gasteiger partial charge in [0, 0.05) is 28.7 Å². The summed E-state index contributed by atoms with van der Waals surface area (Å²) in [6, 6.07) is 11.7. The van der Waals surface area contributed by atoms with Crippen LogP contribution >= 0.6 is 11.6 Å². The number of nitrogens with one attached hydrogen (secondary N) is 2. The van der Waals surface area contributed by atoms with E-state index in [9.17, 15) is 14.0 Å². The first kappa shape index (κ1) is 17.4. The van der Waals surface area contributed by atoms with Crippen LogP contribution in [0.4, 0.5) is 4.39 Å². The lowest BCUT2D eigenvalue weighted by molar-refractivity contribution is -0.120. The van der Waals surface area contributed by atoms with Crippen LogP contribution in [0.2, 0.25) is 5.02 Å². The normalized spacial score (nSPS) is 13.4. The molecule has 130 valence electrons. The van der Waals surface area contributed by atoms with E-state index in [2.05, 4.69) is 10.6 Å². The maximum absolute atomic E-state index is 13.7. The number of amides is 2. The summed E-state index contributed by atoms with van der Waals surface area (Å²) < 4.78 is 13.7. The molecule has 2 amide bonds. The van der Waals surface area contributed by atoms with Gasteiger partial charge in [-0.1, -0.05) is 29.8 Å². The monoisotopic (exact) mass is 360 g/mol. The third kappa shape index (κ3) is 4.79. The Labute approximate surface area is 150 Å². The van der Waals surface area contributed by atoms with Crippen LogP contribution in [-0.4, -0.2) is 17.9 Å². The van der Waals surface area contributed by atoms with Gasteiger partial charge >= 0.3 is 0 Å². The second-order valence-corrected chi connectivity index (χ2v) is 6.51. The fourth-order valence-electron chi connectivity index (χ4n) is 2.40. The first-order valence-corrected chi connectivity index (χ1v) is 8.50. The average Bonchev–Trinajstić information content (AvgIpc) is 3.41. The molecule has 1 aliphatic carbocycles. The van der Waals surface area contributed by atoms with Crippen molar-refractivity contribution >= 4 is 23.4 Å². The molecule has 25 heavy (non-hydrogen) atoms. The van der Waals surface area contributed by atoms with E-state index in [4.69, 9.17) is 11.6 Å². The van der Waals surface area contributed by atoms with Crippen molar-refractivity contribution in [2.75, 3.05) is 0 Å². The highest BCUT2D eigenvalue weighted by molar-refractivity contribution is 6.31. The lowest BCUT2D eigenvalue weighted by Gasteiger charge is -2.08. The van der Waals surface area contributed by atoms with Crippen LogP contribution in [0.5, 0.6) is 0 Å². The van der Waals surface area contributed by atoms with Gasteiger partial charge in [-0.2, -0.15) is 0 Å². The zero-order valence-electron chi connectivity index (χ0n) is 13.5. The Kier molecular flexibility index (Phi) is 5.34. The maximum Gasteiger partial charge on any atom is 0.251 e. The number of rotatable bonds is 6. The van der Waals surface area contributed by atoms with Crippen molar-refractivity contribution in [3.05, 3.63) is 70.0 Å². The third-order valence-electron chi connectivity index (χ3n) is 4.02. The zero-order chi connectivity index (χ0) is 17.8. The summed E-state index contributed by atoms with van der Waals surface area (Å²) in [5.41, 5.74) is 1.64. The van der Waals surface area contributed by atoms with Gasteiger partial charge in [-0.05, 0) is 42.7 Å². The van der Waals surface area contributed by atoms with Crippen molar-refractivity contribution in [2.45, 2.75) is 31.8 Å². The Morgan fingerprint density at radius 1 is 1.12 bits per heavy atom. The van der Waals surface area contributed by atoms with E-state index >= 15 is 0 Å². The highest BCUT2D eigenvalue weighted by Gasteiger charge is 2.23. The largest absolute Gasteiger partial charge is 0.352 e. The topological polar surface area (TPSA) is 58.2 Å². The summed E-state index contributed by atoms with van der Waals surface area (Å²) in [5, 5.41) is 5.89. The second kappa shape index (κ2) is 7.66. The van der Waals surface area contributed by atoms with E-state index in [-0.39, 0.29) is 28.8 Å². The molecule has 0 saturated heterocycles. The predicted octanol–water partition coefficient (Wildman–Crippen LogP) is 3.23. The Morgan fingerprint density at radius 3 is 2.48 bits per heavy atom. The number of benzene rings is 2. The Hall–Kier alpha value is -2.40.